The van der Waals surface area contributed by atoms with Crippen molar-refractivity contribution in [3.8, 4) is 0 Å². The molecule has 232 valence electrons. The SMILES string of the molecule is CCCCCCCC/C=C\CCCCCC(=O)NC(CO)C(O)C(O)CCCCCCCCCCCCCC. The number of aliphatic hydroxyl groups is 3. The van der Waals surface area contributed by atoms with E-state index in [9.17, 15) is 20.1 Å². The van der Waals surface area contributed by atoms with Crippen LogP contribution in [0.2, 0.25) is 0 Å². The zero-order valence-corrected chi connectivity index (χ0v) is 26.0. The van der Waals surface area contributed by atoms with Crippen LogP contribution in [0.3, 0.4) is 0 Å². The number of nitrogens with one attached hydrogen (secondary N) is 1. The molecule has 0 aromatic rings. The molecule has 0 aliphatic heterocycles. The lowest BCUT2D eigenvalue weighted by Gasteiger charge is -2.26. The van der Waals surface area contributed by atoms with Crippen molar-refractivity contribution in [2.45, 2.75) is 193 Å². The van der Waals surface area contributed by atoms with Crippen molar-refractivity contribution in [2.24, 2.45) is 0 Å². The van der Waals surface area contributed by atoms with Gasteiger partial charge < -0.3 is 20.6 Å². The average molecular weight is 554 g/mol. The van der Waals surface area contributed by atoms with Crippen LogP contribution in [-0.2, 0) is 4.79 Å². The van der Waals surface area contributed by atoms with Crippen molar-refractivity contribution < 1.29 is 20.1 Å². The van der Waals surface area contributed by atoms with Gasteiger partial charge in [0.15, 0.2) is 0 Å². The number of carbonyl (C=O) groups is 1. The minimum atomic E-state index is -1.14. The van der Waals surface area contributed by atoms with E-state index in [1.54, 1.807) is 0 Å². The van der Waals surface area contributed by atoms with Crippen molar-refractivity contribution in [3.63, 3.8) is 0 Å². The van der Waals surface area contributed by atoms with E-state index in [1.165, 1.54) is 103 Å². The summed E-state index contributed by atoms with van der Waals surface area (Å²) in [5, 5.41) is 33.2. The minimum absolute atomic E-state index is 0.163. The summed E-state index contributed by atoms with van der Waals surface area (Å²) in [4.78, 5) is 12.3. The number of unbranched alkanes of at least 4 members (excludes halogenated alkanes) is 20. The van der Waals surface area contributed by atoms with E-state index < -0.39 is 18.2 Å². The Morgan fingerprint density at radius 3 is 1.49 bits per heavy atom. The van der Waals surface area contributed by atoms with Crippen LogP contribution < -0.4 is 5.32 Å². The van der Waals surface area contributed by atoms with Gasteiger partial charge in [-0.25, -0.2) is 0 Å². The van der Waals surface area contributed by atoms with Gasteiger partial charge in [0.05, 0.1) is 18.8 Å². The monoisotopic (exact) mass is 554 g/mol. The molecule has 0 fully saturated rings. The molecule has 1 amide bonds. The quantitative estimate of drug-likeness (QED) is 0.0530. The second-order valence-electron chi connectivity index (χ2n) is 11.7. The van der Waals surface area contributed by atoms with Gasteiger partial charge in [0.2, 0.25) is 5.91 Å². The summed E-state index contributed by atoms with van der Waals surface area (Å²) < 4.78 is 0. The minimum Gasteiger partial charge on any atom is -0.394 e. The molecular formula is C34H67NO4. The highest BCUT2D eigenvalue weighted by Gasteiger charge is 2.26. The first-order valence-corrected chi connectivity index (χ1v) is 17.0. The molecule has 0 aliphatic rings. The summed E-state index contributed by atoms with van der Waals surface area (Å²) in [6, 6.07) is -0.810. The lowest BCUT2D eigenvalue weighted by Crippen LogP contribution is -2.50. The molecule has 0 rings (SSSR count). The number of hydrogen-bond acceptors (Lipinski definition) is 4. The Labute approximate surface area is 242 Å². The maximum atomic E-state index is 12.3. The molecule has 3 atom stereocenters. The lowest BCUT2D eigenvalue weighted by atomic mass is 9.99. The Kier molecular flexibility index (Phi) is 29.4. The van der Waals surface area contributed by atoms with Crippen LogP contribution in [0.4, 0.5) is 0 Å². The third-order valence-electron chi connectivity index (χ3n) is 7.87. The number of rotatable bonds is 30. The van der Waals surface area contributed by atoms with Gasteiger partial charge in [-0.15, -0.1) is 0 Å². The Balaban J connectivity index is 3.75. The first-order chi connectivity index (χ1) is 19.1. The third-order valence-corrected chi connectivity index (χ3v) is 7.87. The molecule has 0 spiro atoms. The highest BCUT2D eigenvalue weighted by atomic mass is 16.3. The van der Waals surface area contributed by atoms with Gasteiger partial charge in [0.25, 0.3) is 0 Å². The normalized spacial score (nSPS) is 14.1. The molecule has 0 aliphatic carbocycles. The molecule has 5 nitrogen and oxygen atoms in total. The van der Waals surface area contributed by atoms with E-state index in [2.05, 4.69) is 31.3 Å². The van der Waals surface area contributed by atoms with E-state index >= 15 is 0 Å². The van der Waals surface area contributed by atoms with Crippen molar-refractivity contribution in [1.29, 1.82) is 0 Å². The maximum Gasteiger partial charge on any atom is 0.220 e. The topological polar surface area (TPSA) is 89.8 Å². The van der Waals surface area contributed by atoms with Crippen LogP contribution in [0.15, 0.2) is 12.2 Å². The van der Waals surface area contributed by atoms with Crippen LogP contribution >= 0.6 is 0 Å². The summed E-state index contributed by atoms with van der Waals surface area (Å²) in [5.41, 5.74) is 0. The van der Waals surface area contributed by atoms with Gasteiger partial charge in [-0.2, -0.15) is 0 Å². The molecule has 3 unspecified atom stereocenters. The molecule has 0 bridgehead atoms. The molecule has 0 heterocycles. The first kappa shape index (κ1) is 38.1. The summed E-state index contributed by atoms with van der Waals surface area (Å²) in [5.74, 6) is -0.163. The smallest absolute Gasteiger partial charge is 0.220 e. The van der Waals surface area contributed by atoms with E-state index in [0.717, 1.165) is 44.9 Å². The van der Waals surface area contributed by atoms with Crippen LogP contribution in [0.25, 0.3) is 0 Å². The van der Waals surface area contributed by atoms with Crippen LogP contribution in [0, 0.1) is 0 Å². The van der Waals surface area contributed by atoms with Gasteiger partial charge in [0.1, 0.15) is 6.10 Å². The second-order valence-corrected chi connectivity index (χ2v) is 11.7. The summed E-state index contributed by atoms with van der Waals surface area (Å²) in [6.07, 6.45) is 31.5. The van der Waals surface area contributed by atoms with Crippen molar-refractivity contribution in [3.05, 3.63) is 12.2 Å². The summed E-state index contributed by atoms with van der Waals surface area (Å²) >= 11 is 0. The molecule has 0 radical (unpaired) electrons. The van der Waals surface area contributed by atoms with Crippen molar-refractivity contribution >= 4 is 5.91 Å². The second kappa shape index (κ2) is 30.1. The molecule has 39 heavy (non-hydrogen) atoms. The number of allylic oxidation sites excluding steroid dienone is 2. The summed E-state index contributed by atoms with van der Waals surface area (Å²) in [7, 11) is 0. The van der Waals surface area contributed by atoms with Crippen molar-refractivity contribution in [2.75, 3.05) is 6.61 Å². The Morgan fingerprint density at radius 2 is 1.03 bits per heavy atom. The first-order valence-electron chi connectivity index (χ1n) is 17.0. The molecule has 5 heteroatoms. The molecular weight excluding hydrogens is 486 g/mol. The number of hydrogen-bond donors (Lipinski definition) is 4. The van der Waals surface area contributed by atoms with Gasteiger partial charge in [-0.3, -0.25) is 4.79 Å². The number of aliphatic hydroxyl groups excluding tert-OH is 3. The van der Waals surface area contributed by atoms with Crippen molar-refractivity contribution in [1.82, 2.24) is 5.32 Å². The molecule has 4 N–H and O–H groups in total. The van der Waals surface area contributed by atoms with Gasteiger partial charge in [-0.1, -0.05) is 142 Å². The maximum absolute atomic E-state index is 12.3. The predicted octanol–water partition coefficient (Wildman–Crippen LogP) is 8.53. The highest BCUT2D eigenvalue weighted by Crippen LogP contribution is 2.15. The largest absolute Gasteiger partial charge is 0.394 e. The van der Waals surface area contributed by atoms with Crippen LogP contribution in [0.1, 0.15) is 174 Å². The third kappa shape index (κ3) is 25.8. The Hall–Kier alpha value is -0.910. The molecule has 0 saturated heterocycles. The zero-order valence-electron chi connectivity index (χ0n) is 26.0. The summed E-state index contributed by atoms with van der Waals surface area (Å²) in [6.45, 7) is 4.13. The van der Waals surface area contributed by atoms with E-state index in [1.807, 2.05) is 0 Å². The molecule has 0 aromatic carbocycles. The average Bonchev–Trinajstić information content (AvgIpc) is 2.94. The fraction of sp³-hybridized carbons (Fsp3) is 0.912. The highest BCUT2D eigenvalue weighted by molar-refractivity contribution is 5.76. The number of amides is 1. The predicted molar refractivity (Wildman–Crippen MR) is 167 cm³/mol. The Morgan fingerprint density at radius 1 is 0.615 bits per heavy atom. The van der Waals surface area contributed by atoms with Crippen LogP contribution in [-0.4, -0.2) is 46.1 Å². The molecule has 0 saturated carbocycles. The van der Waals surface area contributed by atoms with Gasteiger partial charge in [-0.05, 0) is 38.5 Å². The number of carbonyl (C=O) groups excluding carboxylic acids is 1. The van der Waals surface area contributed by atoms with E-state index in [-0.39, 0.29) is 12.5 Å². The standard InChI is InChI=1S/C34H67NO4/c1-3-5-7-9-11-13-15-17-19-21-23-25-27-29-33(38)35-31(30-36)34(39)32(37)28-26-24-22-20-18-16-14-12-10-8-6-4-2/h17,19,31-32,34,36-37,39H,3-16,18,20-30H2,1-2H3,(H,35,38)/b19-17-. The van der Waals surface area contributed by atoms with E-state index in [0.29, 0.717) is 12.8 Å². The zero-order chi connectivity index (χ0) is 28.8. The molecule has 0 aromatic heterocycles. The Bertz CT molecular complexity index is 539. The van der Waals surface area contributed by atoms with Crippen LogP contribution in [0.5, 0.6) is 0 Å². The fourth-order valence-electron chi connectivity index (χ4n) is 5.15. The fourth-order valence-corrected chi connectivity index (χ4v) is 5.15. The van der Waals surface area contributed by atoms with E-state index in [4.69, 9.17) is 0 Å². The van der Waals surface area contributed by atoms with Gasteiger partial charge in [0, 0.05) is 6.42 Å². The lowest BCUT2D eigenvalue weighted by molar-refractivity contribution is -0.124. The van der Waals surface area contributed by atoms with Gasteiger partial charge >= 0.3 is 0 Å².